The standard InChI is InChI=1S/C14H21ClN2O3S/c1-20-14-10-12(6-7-13(14)15)17-21(18,19)9-3-2-8-16-11-4-5-11/h6-7,10-11,16-17H,2-5,8-9H2,1H3. The van der Waals surface area contributed by atoms with Gasteiger partial charge in [0.05, 0.1) is 23.6 Å². The molecule has 0 aromatic heterocycles. The Morgan fingerprint density at radius 2 is 2.10 bits per heavy atom. The zero-order valence-corrected chi connectivity index (χ0v) is 13.6. The van der Waals surface area contributed by atoms with E-state index in [9.17, 15) is 8.42 Å². The number of anilines is 1. The Labute approximate surface area is 131 Å². The number of unbranched alkanes of at least 4 members (excludes halogenated alkanes) is 1. The molecule has 5 nitrogen and oxygen atoms in total. The first-order valence-electron chi connectivity index (χ1n) is 7.07. The summed E-state index contributed by atoms with van der Waals surface area (Å²) in [6.45, 7) is 0.884. The van der Waals surface area contributed by atoms with E-state index in [1.807, 2.05) is 0 Å². The quantitative estimate of drug-likeness (QED) is 0.682. The SMILES string of the molecule is COc1cc(NS(=O)(=O)CCCCNC2CC2)ccc1Cl. The summed E-state index contributed by atoms with van der Waals surface area (Å²) in [5.74, 6) is 0.565. The minimum Gasteiger partial charge on any atom is -0.495 e. The summed E-state index contributed by atoms with van der Waals surface area (Å²) in [4.78, 5) is 0. The third kappa shape index (κ3) is 5.73. The number of ether oxygens (including phenoxy) is 1. The van der Waals surface area contributed by atoms with Crippen molar-refractivity contribution in [3.05, 3.63) is 23.2 Å². The third-order valence-electron chi connectivity index (χ3n) is 3.27. The molecule has 7 heteroatoms. The Balaban J connectivity index is 1.79. The molecular formula is C14H21ClN2O3S. The van der Waals surface area contributed by atoms with Gasteiger partial charge in [-0.25, -0.2) is 8.42 Å². The molecule has 1 saturated carbocycles. The van der Waals surface area contributed by atoms with Gasteiger partial charge in [-0.15, -0.1) is 0 Å². The van der Waals surface area contributed by atoms with Crippen molar-refractivity contribution >= 4 is 27.3 Å². The van der Waals surface area contributed by atoms with E-state index in [0.29, 0.717) is 28.9 Å². The fourth-order valence-electron chi connectivity index (χ4n) is 1.96. The first kappa shape index (κ1) is 16.4. The molecule has 2 rings (SSSR count). The van der Waals surface area contributed by atoms with Gasteiger partial charge in [-0.3, -0.25) is 4.72 Å². The topological polar surface area (TPSA) is 67.4 Å². The van der Waals surface area contributed by atoms with E-state index in [4.69, 9.17) is 16.3 Å². The molecule has 0 bridgehead atoms. The number of nitrogens with one attached hydrogen (secondary N) is 2. The van der Waals surface area contributed by atoms with Crippen LogP contribution in [0.2, 0.25) is 5.02 Å². The second-order valence-corrected chi connectivity index (χ2v) is 7.45. The maximum absolute atomic E-state index is 12.0. The Morgan fingerprint density at radius 3 is 2.76 bits per heavy atom. The van der Waals surface area contributed by atoms with E-state index >= 15 is 0 Å². The molecular weight excluding hydrogens is 312 g/mol. The summed E-state index contributed by atoms with van der Waals surface area (Å²) in [7, 11) is -1.84. The van der Waals surface area contributed by atoms with Crippen molar-refractivity contribution in [1.82, 2.24) is 5.32 Å². The minimum atomic E-state index is -3.33. The third-order valence-corrected chi connectivity index (χ3v) is 4.96. The molecule has 0 heterocycles. The number of hydrogen-bond donors (Lipinski definition) is 2. The molecule has 1 aromatic rings. The lowest BCUT2D eigenvalue weighted by atomic mass is 10.3. The first-order chi connectivity index (χ1) is 10.00. The highest BCUT2D eigenvalue weighted by Crippen LogP contribution is 2.27. The lowest BCUT2D eigenvalue weighted by molar-refractivity contribution is 0.415. The van der Waals surface area contributed by atoms with Crippen molar-refractivity contribution in [2.24, 2.45) is 0 Å². The molecule has 1 aliphatic rings. The molecule has 0 unspecified atom stereocenters. The minimum absolute atomic E-state index is 0.115. The van der Waals surface area contributed by atoms with Gasteiger partial charge in [0.1, 0.15) is 5.75 Å². The smallest absolute Gasteiger partial charge is 0.232 e. The monoisotopic (exact) mass is 332 g/mol. The van der Waals surface area contributed by atoms with Gasteiger partial charge in [0.2, 0.25) is 10.0 Å². The van der Waals surface area contributed by atoms with Crippen LogP contribution in [-0.2, 0) is 10.0 Å². The summed E-state index contributed by atoms with van der Waals surface area (Å²) in [6.07, 6.45) is 4.00. The van der Waals surface area contributed by atoms with Gasteiger partial charge in [0, 0.05) is 12.1 Å². The molecule has 1 fully saturated rings. The summed E-state index contributed by atoms with van der Waals surface area (Å²) >= 11 is 5.91. The van der Waals surface area contributed by atoms with Crippen LogP contribution in [0.1, 0.15) is 25.7 Å². The Morgan fingerprint density at radius 1 is 1.33 bits per heavy atom. The van der Waals surface area contributed by atoms with Crippen LogP contribution in [0.15, 0.2) is 18.2 Å². The zero-order chi connectivity index (χ0) is 15.3. The van der Waals surface area contributed by atoms with Gasteiger partial charge >= 0.3 is 0 Å². The normalized spacial score (nSPS) is 15.0. The lowest BCUT2D eigenvalue weighted by Crippen LogP contribution is -2.20. The average molecular weight is 333 g/mol. The molecule has 1 aliphatic carbocycles. The number of halogens is 1. The molecule has 21 heavy (non-hydrogen) atoms. The molecule has 0 amide bonds. The fraction of sp³-hybridized carbons (Fsp3) is 0.571. The predicted octanol–water partition coefficient (Wildman–Crippen LogP) is 2.62. The highest BCUT2D eigenvalue weighted by molar-refractivity contribution is 7.92. The maximum Gasteiger partial charge on any atom is 0.232 e. The van der Waals surface area contributed by atoms with Crippen LogP contribution in [-0.4, -0.2) is 33.9 Å². The second-order valence-electron chi connectivity index (χ2n) is 5.21. The fourth-order valence-corrected chi connectivity index (χ4v) is 3.33. The van der Waals surface area contributed by atoms with Gasteiger partial charge in [-0.1, -0.05) is 11.6 Å². The van der Waals surface area contributed by atoms with E-state index in [-0.39, 0.29) is 5.75 Å². The largest absolute Gasteiger partial charge is 0.495 e. The molecule has 0 radical (unpaired) electrons. The van der Waals surface area contributed by atoms with Crippen LogP contribution in [0.4, 0.5) is 5.69 Å². The Hall–Kier alpha value is -0.980. The van der Waals surface area contributed by atoms with E-state index in [1.54, 1.807) is 18.2 Å². The molecule has 118 valence electrons. The van der Waals surface area contributed by atoms with E-state index in [1.165, 1.54) is 20.0 Å². The summed E-state index contributed by atoms with van der Waals surface area (Å²) < 4.78 is 31.6. The lowest BCUT2D eigenvalue weighted by Gasteiger charge is -2.10. The number of benzene rings is 1. The second kappa shape index (κ2) is 7.33. The molecule has 2 N–H and O–H groups in total. The van der Waals surface area contributed by atoms with E-state index < -0.39 is 10.0 Å². The van der Waals surface area contributed by atoms with Crippen molar-refractivity contribution < 1.29 is 13.2 Å². The van der Waals surface area contributed by atoms with Crippen LogP contribution in [0.3, 0.4) is 0 Å². The number of rotatable bonds is 9. The number of sulfonamides is 1. The van der Waals surface area contributed by atoms with Crippen molar-refractivity contribution in [3.8, 4) is 5.75 Å². The molecule has 0 saturated heterocycles. The number of methoxy groups -OCH3 is 1. The van der Waals surface area contributed by atoms with Crippen LogP contribution in [0.25, 0.3) is 0 Å². The summed E-state index contributed by atoms with van der Waals surface area (Å²) in [5.41, 5.74) is 0.465. The van der Waals surface area contributed by atoms with Crippen molar-refractivity contribution in [2.45, 2.75) is 31.7 Å². The number of hydrogen-bond acceptors (Lipinski definition) is 4. The van der Waals surface area contributed by atoms with Gasteiger partial charge < -0.3 is 10.1 Å². The molecule has 1 aromatic carbocycles. The average Bonchev–Trinajstić information content (AvgIpc) is 3.24. The van der Waals surface area contributed by atoms with Crippen molar-refractivity contribution in [1.29, 1.82) is 0 Å². The zero-order valence-electron chi connectivity index (χ0n) is 12.1. The summed E-state index contributed by atoms with van der Waals surface area (Å²) in [6, 6.07) is 5.48. The first-order valence-corrected chi connectivity index (χ1v) is 9.10. The Bertz CT molecular complexity index is 574. The maximum atomic E-state index is 12.0. The highest BCUT2D eigenvalue weighted by Gasteiger charge is 2.19. The van der Waals surface area contributed by atoms with Crippen LogP contribution in [0, 0.1) is 0 Å². The van der Waals surface area contributed by atoms with Crippen molar-refractivity contribution in [3.63, 3.8) is 0 Å². The Kier molecular flexibility index (Phi) is 5.72. The van der Waals surface area contributed by atoms with Crippen LogP contribution < -0.4 is 14.8 Å². The van der Waals surface area contributed by atoms with Crippen molar-refractivity contribution in [2.75, 3.05) is 24.1 Å². The molecule has 0 atom stereocenters. The van der Waals surface area contributed by atoms with Gasteiger partial charge in [-0.2, -0.15) is 0 Å². The van der Waals surface area contributed by atoms with E-state index in [0.717, 1.165) is 13.0 Å². The van der Waals surface area contributed by atoms with E-state index in [2.05, 4.69) is 10.0 Å². The molecule has 0 aliphatic heterocycles. The highest BCUT2D eigenvalue weighted by atomic mass is 35.5. The van der Waals surface area contributed by atoms with Crippen LogP contribution in [0.5, 0.6) is 5.75 Å². The van der Waals surface area contributed by atoms with Gasteiger partial charge in [0.15, 0.2) is 0 Å². The van der Waals surface area contributed by atoms with Crippen LogP contribution >= 0.6 is 11.6 Å². The predicted molar refractivity (Wildman–Crippen MR) is 85.7 cm³/mol. The van der Waals surface area contributed by atoms with Gasteiger partial charge in [0.25, 0.3) is 0 Å². The summed E-state index contributed by atoms with van der Waals surface area (Å²) in [5, 5.41) is 3.82. The molecule has 0 spiro atoms. The van der Waals surface area contributed by atoms with Gasteiger partial charge in [-0.05, 0) is 44.4 Å².